The summed E-state index contributed by atoms with van der Waals surface area (Å²) in [7, 11) is 0. The molecule has 6 heteroatoms. The van der Waals surface area contributed by atoms with Crippen LogP contribution >= 0.6 is 0 Å². The Morgan fingerprint density at radius 3 is 2.69 bits per heavy atom. The average Bonchev–Trinajstić information content (AvgIpc) is 2.08. The Kier molecular flexibility index (Phi) is 2.84. The molecule has 1 aliphatic heterocycles. The van der Waals surface area contributed by atoms with Gasteiger partial charge in [-0.1, -0.05) is 0 Å². The van der Waals surface area contributed by atoms with Crippen LogP contribution in [0.1, 0.15) is 12.8 Å². The van der Waals surface area contributed by atoms with Crippen molar-refractivity contribution < 1.29 is 19.5 Å². The summed E-state index contributed by atoms with van der Waals surface area (Å²) in [5.41, 5.74) is 0. The van der Waals surface area contributed by atoms with E-state index < -0.39 is 11.9 Å². The van der Waals surface area contributed by atoms with Crippen molar-refractivity contribution in [2.45, 2.75) is 18.9 Å². The largest absolute Gasteiger partial charge is 0.474 e. The summed E-state index contributed by atoms with van der Waals surface area (Å²) >= 11 is 0. The summed E-state index contributed by atoms with van der Waals surface area (Å²) in [4.78, 5) is 31.5. The van der Waals surface area contributed by atoms with E-state index in [-0.39, 0.29) is 11.9 Å². The lowest BCUT2D eigenvalue weighted by Gasteiger charge is -2.22. The van der Waals surface area contributed by atoms with Crippen LogP contribution in [0.2, 0.25) is 0 Å². The molecule has 1 heterocycles. The molecular formula is C7H10N2O4. The molecule has 0 aliphatic carbocycles. The molecule has 1 saturated heterocycles. The molecule has 2 amide bonds. The topological polar surface area (TPSA) is 95.5 Å². The van der Waals surface area contributed by atoms with Gasteiger partial charge in [0.15, 0.2) is 0 Å². The van der Waals surface area contributed by atoms with Crippen LogP contribution < -0.4 is 10.6 Å². The molecule has 0 aromatic carbocycles. The van der Waals surface area contributed by atoms with Gasteiger partial charge in [-0.05, 0) is 6.42 Å². The standard InChI is InChI=1S/C7H10N2O4/c10-5-2-1-4(3-8-5)9-6(11)7(12)13/h4H,1-3H2,(H,8,10)(H,9,11)(H,12,13). The third-order valence-corrected chi connectivity index (χ3v) is 1.79. The maximum absolute atomic E-state index is 10.7. The van der Waals surface area contributed by atoms with E-state index in [2.05, 4.69) is 10.6 Å². The summed E-state index contributed by atoms with van der Waals surface area (Å²) in [6.45, 7) is 0.303. The molecule has 72 valence electrons. The highest BCUT2D eigenvalue weighted by atomic mass is 16.4. The molecule has 3 N–H and O–H groups in total. The van der Waals surface area contributed by atoms with E-state index in [0.717, 1.165) is 0 Å². The second-order valence-corrected chi connectivity index (χ2v) is 2.82. The molecule has 1 aliphatic rings. The average molecular weight is 186 g/mol. The lowest BCUT2D eigenvalue weighted by atomic mass is 10.1. The maximum atomic E-state index is 10.7. The number of aliphatic carboxylic acids is 1. The molecule has 1 fully saturated rings. The summed E-state index contributed by atoms with van der Waals surface area (Å²) in [5.74, 6) is -2.60. The normalized spacial score (nSPS) is 21.8. The molecule has 1 unspecified atom stereocenters. The Morgan fingerprint density at radius 2 is 2.23 bits per heavy atom. The van der Waals surface area contributed by atoms with E-state index in [1.54, 1.807) is 0 Å². The van der Waals surface area contributed by atoms with Crippen molar-refractivity contribution in [2.24, 2.45) is 0 Å². The van der Waals surface area contributed by atoms with Gasteiger partial charge in [0.1, 0.15) is 0 Å². The lowest BCUT2D eigenvalue weighted by Crippen LogP contribution is -2.49. The zero-order chi connectivity index (χ0) is 9.84. The van der Waals surface area contributed by atoms with E-state index in [9.17, 15) is 14.4 Å². The fraction of sp³-hybridized carbons (Fsp3) is 0.571. The van der Waals surface area contributed by atoms with Crippen molar-refractivity contribution in [1.29, 1.82) is 0 Å². The van der Waals surface area contributed by atoms with Gasteiger partial charge < -0.3 is 15.7 Å². The summed E-state index contributed by atoms with van der Waals surface area (Å²) < 4.78 is 0. The third-order valence-electron chi connectivity index (χ3n) is 1.79. The zero-order valence-corrected chi connectivity index (χ0v) is 6.87. The Labute approximate surface area is 74.3 Å². The van der Waals surface area contributed by atoms with Gasteiger partial charge >= 0.3 is 11.9 Å². The molecule has 6 nitrogen and oxygen atoms in total. The molecule has 1 rings (SSSR count). The number of rotatable bonds is 1. The van der Waals surface area contributed by atoms with Crippen LogP contribution in [0.15, 0.2) is 0 Å². The van der Waals surface area contributed by atoms with Crippen LogP contribution in [0.4, 0.5) is 0 Å². The van der Waals surface area contributed by atoms with E-state index in [0.29, 0.717) is 19.4 Å². The monoisotopic (exact) mass is 186 g/mol. The molecule has 0 aromatic heterocycles. The highest BCUT2D eigenvalue weighted by Crippen LogP contribution is 2.01. The van der Waals surface area contributed by atoms with Crippen molar-refractivity contribution in [2.75, 3.05) is 6.54 Å². The first-order valence-corrected chi connectivity index (χ1v) is 3.90. The first kappa shape index (κ1) is 9.50. The molecule has 1 atom stereocenters. The third kappa shape index (κ3) is 2.73. The van der Waals surface area contributed by atoms with Gasteiger partial charge in [0.25, 0.3) is 0 Å². The Bertz CT molecular complexity index is 241. The molecule has 0 radical (unpaired) electrons. The van der Waals surface area contributed by atoms with Crippen LogP contribution in [-0.2, 0) is 14.4 Å². The van der Waals surface area contributed by atoms with Gasteiger partial charge in [-0.15, -0.1) is 0 Å². The van der Waals surface area contributed by atoms with Crippen LogP contribution in [0, 0.1) is 0 Å². The Balaban J connectivity index is 2.34. The quantitative estimate of drug-likeness (QED) is 0.433. The SMILES string of the molecule is O=C1CCC(NC(=O)C(=O)O)CN1. The van der Waals surface area contributed by atoms with Crippen LogP contribution in [-0.4, -0.2) is 35.5 Å². The molecule has 13 heavy (non-hydrogen) atoms. The summed E-state index contributed by atoms with van der Waals surface area (Å²) in [5, 5.41) is 13.1. The van der Waals surface area contributed by atoms with E-state index in [4.69, 9.17) is 5.11 Å². The van der Waals surface area contributed by atoms with Gasteiger partial charge in [0, 0.05) is 19.0 Å². The summed E-state index contributed by atoms with van der Waals surface area (Å²) in [6, 6.07) is -0.263. The highest BCUT2D eigenvalue weighted by molar-refractivity contribution is 6.31. The number of hydrogen-bond acceptors (Lipinski definition) is 3. The highest BCUT2D eigenvalue weighted by Gasteiger charge is 2.21. The van der Waals surface area contributed by atoms with Crippen molar-refractivity contribution in [3.05, 3.63) is 0 Å². The number of carboxylic acid groups (broad SMARTS) is 1. The van der Waals surface area contributed by atoms with Crippen molar-refractivity contribution in [1.82, 2.24) is 10.6 Å². The predicted octanol–water partition coefficient (Wildman–Crippen LogP) is -1.53. The molecule has 0 bridgehead atoms. The van der Waals surface area contributed by atoms with Crippen molar-refractivity contribution in [3.63, 3.8) is 0 Å². The van der Waals surface area contributed by atoms with Crippen molar-refractivity contribution in [3.8, 4) is 0 Å². The summed E-state index contributed by atoms with van der Waals surface area (Å²) in [6.07, 6.45) is 0.815. The zero-order valence-electron chi connectivity index (χ0n) is 6.87. The minimum atomic E-state index is -1.50. The van der Waals surface area contributed by atoms with Gasteiger partial charge in [0.2, 0.25) is 5.91 Å². The minimum absolute atomic E-state index is 0.0687. The fourth-order valence-corrected chi connectivity index (χ4v) is 1.10. The molecule has 0 spiro atoms. The Hall–Kier alpha value is -1.59. The number of amides is 2. The number of hydrogen-bond donors (Lipinski definition) is 3. The number of nitrogens with one attached hydrogen (secondary N) is 2. The molecule has 0 saturated carbocycles. The number of carbonyl (C=O) groups is 3. The molecule has 0 aromatic rings. The van der Waals surface area contributed by atoms with Gasteiger partial charge in [-0.2, -0.15) is 0 Å². The fourth-order valence-electron chi connectivity index (χ4n) is 1.10. The second-order valence-electron chi connectivity index (χ2n) is 2.82. The Morgan fingerprint density at radius 1 is 1.54 bits per heavy atom. The first-order valence-electron chi connectivity index (χ1n) is 3.90. The number of carbonyl (C=O) groups excluding carboxylic acids is 2. The predicted molar refractivity (Wildman–Crippen MR) is 41.8 cm³/mol. The first-order chi connectivity index (χ1) is 6.09. The van der Waals surface area contributed by atoms with Crippen molar-refractivity contribution >= 4 is 17.8 Å². The van der Waals surface area contributed by atoms with Crippen LogP contribution in [0.25, 0.3) is 0 Å². The van der Waals surface area contributed by atoms with E-state index in [1.165, 1.54) is 0 Å². The van der Waals surface area contributed by atoms with Gasteiger partial charge in [0.05, 0.1) is 0 Å². The van der Waals surface area contributed by atoms with Crippen LogP contribution in [0.5, 0.6) is 0 Å². The molecular weight excluding hydrogens is 176 g/mol. The number of carboxylic acids is 1. The second kappa shape index (κ2) is 3.88. The lowest BCUT2D eigenvalue weighted by molar-refractivity contribution is -0.150. The minimum Gasteiger partial charge on any atom is -0.474 e. The smallest absolute Gasteiger partial charge is 0.394 e. The van der Waals surface area contributed by atoms with Crippen LogP contribution in [0.3, 0.4) is 0 Å². The van der Waals surface area contributed by atoms with Gasteiger partial charge in [-0.3, -0.25) is 9.59 Å². The maximum Gasteiger partial charge on any atom is 0.394 e. The van der Waals surface area contributed by atoms with Gasteiger partial charge in [-0.25, -0.2) is 4.79 Å². The number of piperidine rings is 1. The van der Waals surface area contributed by atoms with E-state index in [1.807, 2.05) is 0 Å². The van der Waals surface area contributed by atoms with E-state index >= 15 is 0 Å².